The molecule has 0 saturated heterocycles. The monoisotopic (exact) mass is 415 g/mol. The molecule has 0 atom stereocenters. The fourth-order valence-corrected chi connectivity index (χ4v) is 4.10. The summed E-state index contributed by atoms with van der Waals surface area (Å²) in [4.78, 5) is 0.226. The smallest absolute Gasteiger partial charge is 0.211 e. The first-order chi connectivity index (χ1) is 8.38. The predicted octanol–water partition coefficient (Wildman–Crippen LogP) is 3.56. The van der Waals surface area contributed by atoms with E-state index in [1.165, 1.54) is 12.1 Å². The van der Waals surface area contributed by atoms with Gasteiger partial charge in [-0.2, -0.15) is 0 Å². The summed E-state index contributed by atoms with van der Waals surface area (Å²) in [5.74, 6) is 0. The average Bonchev–Trinajstić information content (AvgIpc) is 3.11. The van der Waals surface area contributed by atoms with Crippen molar-refractivity contribution >= 4 is 53.5 Å². The minimum atomic E-state index is -3.46. The zero-order chi connectivity index (χ0) is 13.4. The number of hydrogen-bond donors (Lipinski definition) is 1. The second-order valence-electron chi connectivity index (χ2n) is 4.53. The summed E-state index contributed by atoms with van der Waals surface area (Å²) < 4.78 is 27.4. The number of rotatable bonds is 5. The van der Waals surface area contributed by atoms with E-state index in [1.54, 1.807) is 6.07 Å². The fourth-order valence-electron chi connectivity index (χ4n) is 1.51. The van der Waals surface area contributed by atoms with Crippen LogP contribution in [0.3, 0.4) is 0 Å². The van der Waals surface area contributed by atoms with Crippen LogP contribution >= 0.6 is 43.5 Å². The maximum absolute atomic E-state index is 12.1. The number of sulfonamides is 1. The van der Waals surface area contributed by atoms with E-state index < -0.39 is 10.0 Å². The minimum Gasteiger partial charge on any atom is -0.211 e. The van der Waals surface area contributed by atoms with Crippen molar-refractivity contribution in [3.05, 3.63) is 27.7 Å². The lowest BCUT2D eigenvalue weighted by molar-refractivity contribution is 0.538. The second-order valence-corrected chi connectivity index (χ2v) is 8.12. The van der Waals surface area contributed by atoms with Crippen LogP contribution < -0.4 is 4.72 Å². The summed E-state index contributed by atoms with van der Waals surface area (Å²) in [6.45, 7) is 0.473. The summed E-state index contributed by atoms with van der Waals surface area (Å²) in [5, 5.41) is 1.32. The highest BCUT2D eigenvalue weighted by Gasteiger charge is 2.42. The van der Waals surface area contributed by atoms with Crippen LogP contribution in [0.25, 0.3) is 0 Å². The fraction of sp³-hybridized carbons (Fsp3) is 0.455. The van der Waals surface area contributed by atoms with Crippen LogP contribution in [0, 0.1) is 5.41 Å². The molecular weight excluding hydrogens is 405 g/mol. The molecule has 1 fully saturated rings. The Hall–Kier alpha value is 0.380. The molecule has 0 bridgehead atoms. The zero-order valence-corrected chi connectivity index (χ0v) is 14.2. The number of benzene rings is 1. The van der Waals surface area contributed by atoms with Crippen LogP contribution in [0.4, 0.5) is 0 Å². The molecule has 1 aliphatic carbocycles. The van der Waals surface area contributed by atoms with E-state index >= 15 is 0 Å². The van der Waals surface area contributed by atoms with E-state index in [2.05, 4.69) is 36.6 Å². The van der Waals surface area contributed by atoms with Gasteiger partial charge in [-0.05, 0) is 52.4 Å². The summed E-state index contributed by atoms with van der Waals surface area (Å²) in [7, 11) is -3.46. The van der Waals surface area contributed by atoms with Gasteiger partial charge in [0.1, 0.15) is 0 Å². The SMILES string of the molecule is O=S(=O)(NCC1(CBr)CC1)c1ccc(Cl)c(Br)c1. The topological polar surface area (TPSA) is 46.2 Å². The van der Waals surface area contributed by atoms with E-state index in [1.807, 2.05) is 0 Å². The molecule has 7 heteroatoms. The van der Waals surface area contributed by atoms with Crippen LogP contribution in [0.1, 0.15) is 12.8 Å². The highest BCUT2D eigenvalue weighted by molar-refractivity contribution is 9.10. The second kappa shape index (κ2) is 5.40. The number of nitrogens with one attached hydrogen (secondary N) is 1. The van der Waals surface area contributed by atoms with Gasteiger partial charge in [-0.15, -0.1) is 0 Å². The van der Waals surface area contributed by atoms with Crippen LogP contribution in [-0.2, 0) is 10.0 Å². The summed E-state index contributed by atoms with van der Waals surface area (Å²) in [6, 6.07) is 4.58. The first kappa shape index (κ1) is 14.8. The molecule has 1 aliphatic rings. The Balaban J connectivity index is 2.13. The largest absolute Gasteiger partial charge is 0.240 e. The van der Waals surface area contributed by atoms with E-state index in [0.717, 1.165) is 18.2 Å². The van der Waals surface area contributed by atoms with Gasteiger partial charge >= 0.3 is 0 Å². The molecule has 1 aromatic rings. The molecule has 1 N–H and O–H groups in total. The van der Waals surface area contributed by atoms with Gasteiger partial charge in [-0.25, -0.2) is 13.1 Å². The van der Waals surface area contributed by atoms with Gasteiger partial charge in [0, 0.05) is 16.3 Å². The maximum Gasteiger partial charge on any atom is 0.240 e. The van der Waals surface area contributed by atoms with Gasteiger partial charge in [0.15, 0.2) is 0 Å². The van der Waals surface area contributed by atoms with Crippen molar-refractivity contribution in [1.82, 2.24) is 4.72 Å². The third-order valence-corrected chi connectivity index (χ3v) is 6.88. The molecule has 0 aromatic heterocycles. The van der Waals surface area contributed by atoms with Crippen molar-refractivity contribution in [1.29, 1.82) is 0 Å². The standard InChI is InChI=1S/C11H12Br2ClNO2S/c12-6-11(3-4-11)7-15-18(16,17)8-1-2-10(14)9(13)5-8/h1-2,5,15H,3-4,6-7H2. The predicted molar refractivity (Wildman–Crippen MR) is 79.8 cm³/mol. The van der Waals surface area contributed by atoms with Crippen LogP contribution in [-0.4, -0.2) is 20.3 Å². The molecule has 3 nitrogen and oxygen atoms in total. The van der Waals surface area contributed by atoms with Gasteiger partial charge in [0.2, 0.25) is 10.0 Å². The van der Waals surface area contributed by atoms with Crippen molar-refractivity contribution in [2.24, 2.45) is 5.41 Å². The van der Waals surface area contributed by atoms with Crippen LogP contribution in [0.5, 0.6) is 0 Å². The summed E-state index contributed by atoms with van der Waals surface area (Å²) >= 11 is 12.5. The van der Waals surface area contributed by atoms with Crippen LogP contribution in [0.2, 0.25) is 5.02 Å². The molecule has 0 radical (unpaired) electrons. The molecule has 18 heavy (non-hydrogen) atoms. The van der Waals surface area contributed by atoms with Crippen molar-refractivity contribution in [2.75, 3.05) is 11.9 Å². The van der Waals surface area contributed by atoms with Gasteiger partial charge in [0.05, 0.1) is 9.92 Å². The van der Waals surface area contributed by atoms with Gasteiger partial charge in [-0.1, -0.05) is 27.5 Å². The molecule has 2 rings (SSSR count). The number of alkyl halides is 1. The van der Waals surface area contributed by atoms with Crippen molar-refractivity contribution < 1.29 is 8.42 Å². The minimum absolute atomic E-state index is 0.108. The number of hydrogen-bond acceptors (Lipinski definition) is 2. The summed E-state index contributed by atoms with van der Waals surface area (Å²) in [6.07, 6.45) is 2.12. The first-order valence-corrected chi connectivity index (χ1v) is 9.17. The molecule has 0 heterocycles. The molecule has 1 aromatic carbocycles. The van der Waals surface area contributed by atoms with Crippen molar-refractivity contribution in [2.45, 2.75) is 17.7 Å². The Morgan fingerprint density at radius 1 is 1.39 bits per heavy atom. The maximum atomic E-state index is 12.1. The van der Waals surface area contributed by atoms with E-state index in [-0.39, 0.29) is 10.3 Å². The Kier molecular flexibility index (Phi) is 4.44. The third-order valence-electron chi connectivity index (χ3n) is 3.08. The van der Waals surface area contributed by atoms with Crippen LogP contribution in [0.15, 0.2) is 27.6 Å². The lowest BCUT2D eigenvalue weighted by atomic mass is 10.1. The molecule has 0 aliphatic heterocycles. The van der Waals surface area contributed by atoms with E-state index in [0.29, 0.717) is 16.0 Å². The Morgan fingerprint density at radius 3 is 2.56 bits per heavy atom. The Bertz CT molecular complexity index is 558. The lowest BCUT2D eigenvalue weighted by Crippen LogP contribution is -2.31. The molecule has 0 amide bonds. The van der Waals surface area contributed by atoms with Gasteiger partial charge in [0.25, 0.3) is 0 Å². The first-order valence-electron chi connectivity index (χ1n) is 5.39. The van der Waals surface area contributed by atoms with Crippen molar-refractivity contribution in [3.63, 3.8) is 0 Å². The number of halogens is 3. The quantitative estimate of drug-likeness (QED) is 0.745. The molecule has 0 spiro atoms. The Morgan fingerprint density at radius 2 is 2.06 bits per heavy atom. The molecule has 1 saturated carbocycles. The molecule has 0 unspecified atom stereocenters. The molecule has 100 valence electrons. The Labute approximate surface area is 129 Å². The molecular formula is C11H12Br2ClNO2S. The third kappa shape index (κ3) is 3.28. The highest BCUT2D eigenvalue weighted by Crippen LogP contribution is 2.46. The van der Waals surface area contributed by atoms with Crippen molar-refractivity contribution in [3.8, 4) is 0 Å². The van der Waals surface area contributed by atoms with Gasteiger partial charge in [-0.3, -0.25) is 0 Å². The highest BCUT2D eigenvalue weighted by atomic mass is 79.9. The van der Waals surface area contributed by atoms with E-state index in [9.17, 15) is 8.42 Å². The normalized spacial score (nSPS) is 17.7. The van der Waals surface area contributed by atoms with E-state index in [4.69, 9.17) is 11.6 Å². The lowest BCUT2D eigenvalue weighted by Gasteiger charge is -2.13. The zero-order valence-electron chi connectivity index (χ0n) is 9.42. The average molecular weight is 418 g/mol. The van der Waals surface area contributed by atoms with Gasteiger partial charge < -0.3 is 0 Å². The summed E-state index contributed by atoms with van der Waals surface area (Å²) in [5.41, 5.74) is 0.108.